The van der Waals surface area contributed by atoms with Crippen molar-refractivity contribution in [1.82, 2.24) is 10.3 Å². The van der Waals surface area contributed by atoms with Crippen molar-refractivity contribution in [3.8, 4) is 5.75 Å². The molecule has 0 radical (unpaired) electrons. The van der Waals surface area contributed by atoms with E-state index in [1.54, 1.807) is 6.07 Å². The van der Waals surface area contributed by atoms with Gasteiger partial charge >= 0.3 is 12.1 Å². The summed E-state index contributed by atoms with van der Waals surface area (Å²) in [5, 5.41) is 11.5. The van der Waals surface area contributed by atoms with Gasteiger partial charge in [-0.2, -0.15) is 0 Å². The summed E-state index contributed by atoms with van der Waals surface area (Å²) >= 11 is 0. The lowest BCUT2D eigenvalue weighted by Crippen LogP contribution is -2.50. The van der Waals surface area contributed by atoms with E-state index in [2.05, 4.69) is 10.3 Å². The zero-order valence-corrected chi connectivity index (χ0v) is 12.8. The van der Waals surface area contributed by atoms with E-state index in [0.717, 1.165) is 0 Å². The van der Waals surface area contributed by atoms with Crippen LogP contribution in [0.4, 0.5) is 4.79 Å². The molecule has 0 spiro atoms. The number of hydrogen-bond acceptors (Lipinski definition) is 5. The minimum Gasteiger partial charge on any atom is -0.489 e. The molecular formula is C15H20N2O5. The summed E-state index contributed by atoms with van der Waals surface area (Å²) in [6.07, 6.45) is 2.30. The largest absolute Gasteiger partial charge is 0.489 e. The lowest BCUT2D eigenvalue weighted by atomic mass is 9.89. The van der Waals surface area contributed by atoms with Gasteiger partial charge < -0.3 is 19.9 Å². The number of aromatic carboxylic acids is 1. The van der Waals surface area contributed by atoms with Crippen molar-refractivity contribution in [3.05, 3.63) is 24.0 Å². The van der Waals surface area contributed by atoms with E-state index in [4.69, 9.17) is 14.6 Å². The number of alkyl carbamates (subject to hydrolysis) is 1. The molecule has 1 heterocycles. The summed E-state index contributed by atoms with van der Waals surface area (Å²) in [5.41, 5.74) is -0.535. The molecular weight excluding hydrogens is 288 g/mol. The lowest BCUT2D eigenvalue weighted by molar-refractivity contribution is 0.0362. The van der Waals surface area contributed by atoms with Crippen LogP contribution in [0.1, 0.15) is 44.1 Å². The second-order valence-electron chi connectivity index (χ2n) is 6.24. The number of carbonyl (C=O) groups is 2. The molecule has 2 N–H and O–H groups in total. The Morgan fingerprint density at radius 1 is 1.32 bits per heavy atom. The van der Waals surface area contributed by atoms with Crippen molar-refractivity contribution in [2.24, 2.45) is 0 Å². The van der Waals surface area contributed by atoms with Crippen molar-refractivity contribution in [1.29, 1.82) is 0 Å². The van der Waals surface area contributed by atoms with Crippen LogP contribution in [0.5, 0.6) is 5.75 Å². The van der Waals surface area contributed by atoms with E-state index < -0.39 is 17.7 Å². The molecule has 0 aliphatic heterocycles. The maximum absolute atomic E-state index is 11.6. The molecule has 1 amide bonds. The zero-order valence-electron chi connectivity index (χ0n) is 12.8. The number of carboxylic acid groups (broad SMARTS) is 1. The van der Waals surface area contributed by atoms with Crippen molar-refractivity contribution >= 4 is 12.1 Å². The van der Waals surface area contributed by atoms with E-state index in [9.17, 15) is 9.59 Å². The number of hydrogen-bond donors (Lipinski definition) is 2. The highest BCUT2D eigenvalue weighted by Gasteiger charge is 2.33. The zero-order chi connectivity index (χ0) is 16.3. The number of amides is 1. The van der Waals surface area contributed by atoms with E-state index in [1.165, 1.54) is 12.3 Å². The summed E-state index contributed by atoms with van der Waals surface area (Å²) in [7, 11) is 0. The highest BCUT2D eigenvalue weighted by atomic mass is 16.6. The Morgan fingerprint density at radius 2 is 2.00 bits per heavy atom. The fourth-order valence-corrected chi connectivity index (χ4v) is 2.02. The van der Waals surface area contributed by atoms with E-state index in [-0.39, 0.29) is 17.8 Å². The molecule has 120 valence electrons. The van der Waals surface area contributed by atoms with Crippen LogP contribution in [0.3, 0.4) is 0 Å². The smallest absolute Gasteiger partial charge is 0.407 e. The Morgan fingerprint density at radius 3 is 2.50 bits per heavy atom. The van der Waals surface area contributed by atoms with Crippen molar-refractivity contribution in [2.75, 3.05) is 0 Å². The van der Waals surface area contributed by atoms with Gasteiger partial charge in [0.25, 0.3) is 0 Å². The first-order chi connectivity index (χ1) is 10.2. The van der Waals surface area contributed by atoms with Crippen LogP contribution in [0, 0.1) is 0 Å². The van der Waals surface area contributed by atoms with E-state index in [0.29, 0.717) is 18.6 Å². The van der Waals surface area contributed by atoms with Gasteiger partial charge in [0.15, 0.2) is 0 Å². The number of carboxylic acids is 1. The number of aromatic nitrogens is 1. The van der Waals surface area contributed by atoms with Gasteiger partial charge in [-0.05, 0) is 32.9 Å². The lowest BCUT2D eigenvalue weighted by Gasteiger charge is -2.36. The topological polar surface area (TPSA) is 97.8 Å². The van der Waals surface area contributed by atoms with Gasteiger partial charge in [-0.15, -0.1) is 0 Å². The van der Waals surface area contributed by atoms with Crippen LogP contribution in [0.2, 0.25) is 0 Å². The third-order valence-electron chi connectivity index (χ3n) is 3.07. The third-order valence-corrected chi connectivity index (χ3v) is 3.07. The predicted molar refractivity (Wildman–Crippen MR) is 78.0 cm³/mol. The number of pyridine rings is 1. The number of rotatable bonds is 4. The summed E-state index contributed by atoms with van der Waals surface area (Å²) in [5.74, 6) is -0.553. The molecule has 0 bridgehead atoms. The first kappa shape index (κ1) is 16.1. The molecule has 0 saturated heterocycles. The van der Waals surface area contributed by atoms with E-state index >= 15 is 0 Å². The molecule has 0 unspecified atom stereocenters. The van der Waals surface area contributed by atoms with E-state index in [1.807, 2.05) is 20.8 Å². The fraction of sp³-hybridized carbons (Fsp3) is 0.533. The second-order valence-corrected chi connectivity index (χ2v) is 6.24. The molecule has 22 heavy (non-hydrogen) atoms. The monoisotopic (exact) mass is 308 g/mol. The number of ether oxygens (including phenoxy) is 2. The minimum atomic E-state index is -1.07. The summed E-state index contributed by atoms with van der Waals surface area (Å²) < 4.78 is 10.8. The van der Waals surface area contributed by atoms with Crippen LogP contribution in [-0.2, 0) is 4.74 Å². The van der Waals surface area contributed by atoms with Crippen LogP contribution >= 0.6 is 0 Å². The fourth-order valence-electron chi connectivity index (χ4n) is 2.02. The average Bonchev–Trinajstić information content (AvgIpc) is 2.34. The van der Waals surface area contributed by atoms with Gasteiger partial charge in [0.05, 0.1) is 6.20 Å². The Kier molecular flexibility index (Phi) is 4.54. The number of carbonyl (C=O) groups excluding carboxylic acids is 1. The first-order valence-corrected chi connectivity index (χ1v) is 7.08. The second kappa shape index (κ2) is 6.21. The number of nitrogens with zero attached hydrogens (tertiary/aromatic N) is 1. The molecule has 1 aliphatic carbocycles. The average molecular weight is 308 g/mol. The molecule has 7 nitrogen and oxygen atoms in total. The van der Waals surface area contributed by atoms with Crippen molar-refractivity contribution in [2.45, 2.75) is 51.4 Å². The van der Waals surface area contributed by atoms with Crippen molar-refractivity contribution < 1.29 is 24.2 Å². The summed E-state index contributed by atoms with van der Waals surface area (Å²) in [6, 6.07) is 3.00. The van der Waals surface area contributed by atoms with Gasteiger partial charge in [0, 0.05) is 18.9 Å². The maximum Gasteiger partial charge on any atom is 0.407 e. The number of nitrogens with one attached hydrogen (secondary N) is 1. The summed E-state index contributed by atoms with van der Waals surface area (Å²) in [4.78, 5) is 26.1. The normalized spacial score (nSPS) is 20.7. The highest BCUT2D eigenvalue weighted by molar-refractivity contribution is 5.85. The maximum atomic E-state index is 11.6. The predicted octanol–water partition coefficient (Wildman–Crippen LogP) is 2.21. The van der Waals surface area contributed by atoms with Gasteiger partial charge in [-0.1, -0.05) is 0 Å². The highest BCUT2D eigenvalue weighted by Crippen LogP contribution is 2.26. The Labute approximate surface area is 128 Å². The molecule has 0 aromatic carbocycles. The van der Waals surface area contributed by atoms with Crippen LogP contribution in [-0.4, -0.2) is 39.9 Å². The summed E-state index contributed by atoms with van der Waals surface area (Å²) in [6.45, 7) is 5.44. The standard InChI is InChI=1S/C15H20N2O5/c1-15(2,3)22-14(20)17-9-6-11(7-9)21-10-4-5-12(13(18)19)16-8-10/h4-5,8-9,11H,6-7H2,1-3H3,(H,17,20)(H,18,19)/t9-,11+. The molecule has 1 fully saturated rings. The third kappa shape index (κ3) is 4.61. The Balaban J connectivity index is 1.73. The molecule has 7 heteroatoms. The van der Waals surface area contributed by atoms with Gasteiger partial charge in [-0.25, -0.2) is 14.6 Å². The SMILES string of the molecule is CC(C)(C)OC(=O)N[C@H]1C[C@@H](Oc2ccc(C(=O)O)nc2)C1. The molecule has 0 atom stereocenters. The molecule has 2 rings (SSSR count). The molecule has 1 aromatic heterocycles. The van der Waals surface area contributed by atoms with Crippen LogP contribution < -0.4 is 10.1 Å². The van der Waals surface area contributed by atoms with Crippen LogP contribution in [0.25, 0.3) is 0 Å². The van der Waals surface area contributed by atoms with Crippen LogP contribution in [0.15, 0.2) is 18.3 Å². The van der Waals surface area contributed by atoms with Gasteiger partial charge in [-0.3, -0.25) is 0 Å². The minimum absolute atomic E-state index is 0.0163. The van der Waals surface area contributed by atoms with Gasteiger partial charge in [0.2, 0.25) is 0 Å². The van der Waals surface area contributed by atoms with Crippen molar-refractivity contribution in [3.63, 3.8) is 0 Å². The molecule has 1 aliphatic rings. The van der Waals surface area contributed by atoms with Gasteiger partial charge in [0.1, 0.15) is 23.1 Å². The first-order valence-electron chi connectivity index (χ1n) is 7.08. The Hall–Kier alpha value is -2.31. The quantitative estimate of drug-likeness (QED) is 0.885. The molecule has 1 aromatic rings. The molecule has 1 saturated carbocycles. The Bertz CT molecular complexity index is 544.